The van der Waals surface area contributed by atoms with E-state index in [2.05, 4.69) is 24.4 Å². The molecule has 0 heterocycles. The van der Waals surface area contributed by atoms with Gasteiger partial charge in [0.25, 0.3) is 0 Å². The van der Waals surface area contributed by atoms with Gasteiger partial charge in [-0.2, -0.15) is 0 Å². The Morgan fingerprint density at radius 3 is 1.77 bits per heavy atom. The Morgan fingerprint density at radius 2 is 1.23 bits per heavy atom. The lowest BCUT2D eigenvalue weighted by atomic mass is 10.1. The smallest absolute Gasteiger partial charge is 0.328 e. The van der Waals surface area contributed by atoms with E-state index in [4.69, 9.17) is 5.11 Å². The van der Waals surface area contributed by atoms with Crippen molar-refractivity contribution >= 4 is 11.9 Å². The maximum absolute atomic E-state index is 11.2. The first-order valence-electron chi connectivity index (χ1n) is 10.5. The molecule has 2 N–H and O–H groups in total. The summed E-state index contributed by atoms with van der Waals surface area (Å²) in [5.41, 5.74) is 0. The van der Waals surface area contributed by atoms with Gasteiger partial charge in [0, 0.05) is 18.7 Å². The van der Waals surface area contributed by atoms with Crippen LogP contribution in [0.4, 0.5) is 0 Å². The normalized spacial score (nSPS) is 11.4. The third-order valence-electron chi connectivity index (χ3n) is 4.37. The van der Waals surface area contributed by atoms with E-state index in [1.165, 1.54) is 70.6 Å². The Hall–Kier alpha value is -1.58. The maximum atomic E-state index is 11.2. The van der Waals surface area contributed by atoms with Gasteiger partial charge in [0.1, 0.15) is 0 Å². The number of rotatable bonds is 18. The van der Waals surface area contributed by atoms with Crippen LogP contribution in [0.2, 0.25) is 0 Å². The topological polar surface area (TPSA) is 66.4 Å². The summed E-state index contributed by atoms with van der Waals surface area (Å²) in [6.07, 6.45) is 24.4. The number of carboxylic acid groups (broad SMARTS) is 1. The number of unbranched alkanes of at least 4 members (excludes halogenated alkanes) is 12. The average Bonchev–Trinajstić information content (AvgIpc) is 2.62. The molecule has 4 nitrogen and oxygen atoms in total. The first kappa shape index (κ1) is 24.4. The molecule has 150 valence electrons. The molecule has 1 amide bonds. The van der Waals surface area contributed by atoms with E-state index in [0.717, 1.165) is 31.4 Å². The minimum atomic E-state index is -1.11. The van der Waals surface area contributed by atoms with Crippen molar-refractivity contribution in [1.82, 2.24) is 5.32 Å². The molecule has 0 aromatic heterocycles. The van der Waals surface area contributed by atoms with E-state index in [9.17, 15) is 9.59 Å². The number of allylic oxidation sites excluding steroid dienone is 2. The quantitative estimate of drug-likeness (QED) is 0.184. The van der Waals surface area contributed by atoms with Crippen molar-refractivity contribution in [2.24, 2.45) is 0 Å². The molecule has 0 saturated carbocycles. The van der Waals surface area contributed by atoms with Crippen LogP contribution in [-0.2, 0) is 9.59 Å². The Bertz CT molecular complexity index is 402. The van der Waals surface area contributed by atoms with E-state index < -0.39 is 5.97 Å². The fourth-order valence-electron chi connectivity index (χ4n) is 2.80. The number of carbonyl (C=O) groups excluding carboxylic acids is 1. The van der Waals surface area contributed by atoms with Gasteiger partial charge in [-0.3, -0.25) is 4.79 Å². The van der Waals surface area contributed by atoms with Gasteiger partial charge in [-0.05, 0) is 25.7 Å². The summed E-state index contributed by atoms with van der Waals surface area (Å²) < 4.78 is 0. The van der Waals surface area contributed by atoms with Gasteiger partial charge in [-0.25, -0.2) is 4.79 Å². The summed E-state index contributed by atoms with van der Waals surface area (Å²) in [4.78, 5) is 21.5. The number of hydrogen-bond acceptors (Lipinski definition) is 2. The predicted octanol–water partition coefficient (Wildman–Crippen LogP) is 5.78. The molecule has 0 aromatic rings. The zero-order chi connectivity index (χ0) is 19.3. The first-order valence-corrected chi connectivity index (χ1v) is 10.5. The van der Waals surface area contributed by atoms with Crippen LogP contribution in [0.25, 0.3) is 0 Å². The lowest BCUT2D eigenvalue weighted by molar-refractivity contribution is -0.131. The van der Waals surface area contributed by atoms with Crippen molar-refractivity contribution in [2.45, 2.75) is 96.8 Å². The Kier molecular flexibility index (Phi) is 18.5. The second kappa shape index (κ2) is 19.7. The highest BCUT2D eigenvalue weighted by Gasteiger charge is 1.95. The molecule has 0 aliphatic heterocycles. The fraction of sp³-hybridized carbons (Fsp3) is 0.727. The van der Waals surface area contributed by atoms with Crippen molar-refractivity contribution in [2.75, 3.05) is 6.54 Å². The van der Waals surface area contributed by atoms with Gasteiger partial charge in [0.15, 0.2) is 0 Å². The van der Waals surface area contributed by atoms with Crippen molar-refractivity contribution < 1.29 is 14.7 Å². The van der Waals surface area contributed by atoms with Crippen LogP contribution in [0.5, 0.6) is 0 Å². The zero-order valence-electron chi connectivity index (χ0n) is 16.7. The Balaban J connectivity index is 3.24. The Morgan fingerprint density at radius 1 is 0.731 bits per heavy atom. The highest BCUT2D eigenvalue weighted by molar-refractivity contribution is 5.93. The predicted molar refractivity (Wildman–Crippen MR) is 109 cm³/mol. The molecule has 0 radical (unpaired) electrons. The fourth-order valence-corrected chi connectivity index (χ4v) is 2.80. The number of carboxylic acids is 1. The van der Waals surface area contributed by atoms with Crippen molar-refractivity contribution in [3.63, 3.8) is 0 Å². The summed E-state index contributed by atoms with van der Waals surface area (Å²) in [5.74, 6) is -1.46. The minimum Gasteiger partial charge on any atom is -0.478 e. The summed E-state index contributed by atoms with van der Waals surface area (Å²) >= 11 is 0. The maximum Gasteiger partial charge on any atom is 0.328 e. The van der Waals surface area contributed by atoms with Crippen molar-refractivity contribution in [3.8, 4) is 0 Å². The first-order chi connectivity index (χ1) is 12.7. The van der Waals surface area contributed by atoms with Crippen molar-refractivity contribution in [3.05, 3.63) is 24.3 Å². The summed E-state index contributed by atoms with van der Waals surface area (Å²) in [6.45, 7) is 2.84. The number of hydrogen-bond donors (Lipinski definition) is 2. The van der Waals surface area contributed by atoms with Gasteiger partial charge in [-0.1, -0.05) is 83.3 Å². The highest BCUT2D eigenvalue weighted by atomic mass is 16.4. The van der Waals surface area contributed by atoms with Crippen LogP contribution in [0, 0.1) is 0 Å². The largest absolute Gasteiger partial charge is 0.478 e. The average molecular weight is 366 g/mol. The molecule has 4 heteroatoms. The SMILES string of the molecule is CCCCCCCCCCCCCC=CCCCNC(=O)C=CC(=O)O. The lowest BCUT2D eigenvalue weighted by Gasteiger charge is -2.02. The summed E-state index contributed by atoms with van der Waals surface area (Å²) in [7, 11) is 0. The van der Waals surface area contributed by atoms with Crippen LogP contribution >= 0.6 is 0 Å². The van der Waals surface area contributed by atoms with Crippen LogP contribution in [0.1, 0.15) is 96.8 Å². The van der Waals surface area contributed by atoms with Crippen LogP contribution in [-0.4, -0.2) is 23.5 Å². The summed E-state index contributed by atoms with van der Waals surface area (Å²) in [6, 6.07) is 0. The molecular weight excluding hydrogens is 326 g/mol. The van der Waals surface area contributed by atoms with E-state index in [0.29, 0.717) is 6.54 Å². The molecule has 0 bridgehead atoms. The molecule has 0 aliphatic rings. The number of aliphatic carboxylic acids is 1. The molecule has 0 saturated heterocycles. The number of amides is 1. The molecule has 0 unspecified atom stereocenters. The van der Waals surface area contributed by atoms with Gasteiger partial charge in [-0.15, -0.1) is 0 Å². The van der Waals surface area contributed by atoms with E-state index in [-0.39, 0.29) is 5.91 Å². The number of carbonyl (C=O) groups is 2. The zero-order valence-corrected chi connectivity index (χ0v) is 16.7. The molecular formula is C22H39NO3. The molecule has 0 rings (SSSR count). The van der Waals surface area contributed by atoms with Crippen LogP contribution in [0.15, 0.2) is 24.3 Å². The molecule has 0 atom stereocenters. The highest BCUT2D eigenvalue weighted by Crippen LogP contribution is 2.12. The third-order valence-corrected chi connectivity index (χ3v) is 4.37. The molecule has 0 spiro atoms. The third kappa shape index (κ3) is 20.5. The molecule has 26 heavy (non-hydrogen) atoms. The van der Waals surface area contributed by atoms with Gasteiger partial charge in [0.2, 0.25) is 5.91 Å². The molecule has 0 fully saturated rings. The van der Waals surface area contributed by atoms with Crippen LogP contribution < -0.4 is 5.32 Å². The standard InChI is InChI=1S/C22H39NO3/c1-2-3-4-5-6-7-8-9-10-11-12-13-14-15-16-17-20-23-21(24)18-19-22(25)26/h14-15,18-19H,2-13,16-17,20H2,1H3,(H,23,24)(H,25,26). The van der Waals surface area contributed by atoms with Gasteiger partial charge < -0.3 is 10.4 Å². The summed E-state index contributed by atoms with van der Waals surface area (Å²) in [5, 5.41) is 11.1. The second-order valence-electron chi connectivity index (χ2n) is 6.90. The van der Waals surface area contributed by atoms with E-state index in [1.54, 1.807) is 0 Å². The number of nitrogens with one attached hydrogen (secondary N) is 1. The molecule has 0 aliphatic carbocycles. The molecule has 0 aromatic carbocycles. The van der Waals surface area contributed by atoms with Crippen molar-refractivity contribution in [1.29, 1.82) is 0 Å². The van der Waals surface area contributed by atoms with Gasteiger partial charge in [0.05, 0.1) is 0 Å². The van der Waals surface area contributed by atoms with E-state index in [1.807, 2.05) is 0 Å². The lowest BCUT2D eigenvalue weighted by Crippen LogP contribution is -2.22. The monoisotopic (exact) mass is 365 g/mol. The van der Waals surface area contributed by atoms with Gasteiger partial charge >= 0.3 is 5.97 Å². The Labute approximate surface area is 160 Å². The van der Waals surface area contributed by atoms with E-state index >= 15 is 0 Å². The second-order valence-corrected chi connectivity index (χ2v) is 6.90. The van der Waals surface area contributed by atoms with Crippen LogP contribution in [0.3, 0.4) is 0 Å². The minimum absolute atomic E-state index is 0.350.